The third-order valence-corrected chi connectivity index (χ3v) is 9.53. The molecule has 0 amide bonds. The minimum atomic E-state index is -1.68. The van der Waals surface area contributed by atoms with Crippen LogP contribution in [0.2, 0.25) is 18.1 Å². The molecule has 3 heteroatoms. The Hall–Kier alpha value is -0.643. The highest BCUT2D eigenvalue weighted by atomic mass is 28.4. The van der Waals surface area contributed by atoms with Crippen molar-refractivity contribution < 1.29 is 4.43 Å². The summed E-state index contributed by atoms with van der Waals surface area (Å²) in [5.74, 6) is 0. The first-order valence-electron chi connectivity index (χ1n) is 7.67. The van der Waals surface area contributed by atoms with Gasteiger partial charge < -0.3 is 9.74 Å². The molecule has 0 heterocycles. The molecule has 0 aromatic heterocycles. The number of benzene rings is 1. The van der Waals surface area contributed by atoms with Gasteiger partial charge in [0.05, 0.1) is 6.10 Å². The molecule has 1 aromatic carbocycles. The van der Waals surface area contributed by atoms with Crippen LogP contribution in [0.3, 0.4) is 0 Å². The predicted octanol–water partition coefficient (Wildman–Crippen LogP) is 4.28. The van der Waals surface area contributed by atoms with Crippen molar-refractivity contribution in [2.45, 2.75) is 63.9 Å². The minimum absolute atomic E-state index is 0.277. The van der Waals surface area contributed by atoms with E-state index in [0.29, 0.717) is 12.1 Å². The molecule has 2 unspecified atom stereocenters. The van der Waals surface area contributed by atoms with Crippen LogP contribution in [0.25, 0.3) is 0 Å². The van der Waals surface area contributed by atoms with Crippen LogP contribution in [-0.4, -0.2) is 21.5 Å². The second-order valence-corrected chi connectivity index (χ2v) is 12.2. The van der Waals surface area contributed by atoms with Gasteiger partial charge in [0.25, 0.3) is 0 Å². The van der Waals surface area contributed by atoms with E-state index < -0.39 is 8.32 Å². The summed E-state index contributed by atoms with van der Waals surface area (Å²) in [4.78, 5) is 0. The van der Waals surface area contributed by atoms with Gasteiger partial charge in [0.1, 0.15) is 0 Å². The summed E-state index contributed by atoms with van der Waals surface area (Å²) in [7, 11) is 0.368. The molecule has 0 spiro atoms. The first-order valence-corrected chi connectivity index (χ1v) is 10.6. The summed E-state index contributed by atoms with van der Waals surface area (Å²) in [5.41, 5.74) is 2.90. The molecule has 0 saturated carbocycles. The third-order valence-electron chi connectivity index (χ3n) is 4.99. The van der Waals surface area contributed by atoms with Crippen molar-refractivity contribution in [2.24, 2.45) is 0 Å². The predicted molar refractivity (Wildman–Crippen MR) is 88.6 cm³/mol. The molecular formula is C17H29NOSi. The Morgan fingerprint density at radius 2 is 1.85 bits per heavy atom. The lowest BCUT2D eigenvalue weighted by Gasteiger charge is -2.42. The average molecular weight is 292 g/mol. The molecule has 1 aliphatic rings. The SMILES string of the molecule is CNC1CC(O[Si](C)(C)C(C)(C)C)Cc2ccccc21. The zero-order valence-electron chi connectivity index (χ0n) is 13.8. The fraction of sp³-hybridized carbons (Fsp3) is 0.647. The van der Waals surface area contributed by atoms with Crippen molar-refractivity contribution in [3.05, 3.63) is 35.4 Å². The lowest BCUT2D eigenvalue weighted by atomic mass is 9.86. The van der Waals surface area contributed by atoms with Crippen LogP contribution in [0.5, 0.6) is 0 Å². The number of hydrogen-bond donors (Lipinski definition) is 1. The molecule has 0 radical (unpaired) electrons. The molecule has 0 aliphatic heterocycles. The maximum atomic E-state index is 6.63. The Labute approximate surface area is 125 Å². The van der Waals surface area contributed by atoms with Crippen molar-refractivity contribution >= 4 is 8.32 Å². The monoisotopic (exact) mass is 291 g/mol. The molecule has 2 rings (SSSR count). The first kappa shape index (κ1) is 15.7. The lowest BCUT2D eigenvalue weighted by Crippen LogP contribution is -2.46. The molecule has 1 aliphatic carbocycles. The van der Waals surface area contributed by atoms with Gasteiger partial charge in [0, 0.05) is 6.04 Å². The Morgan fingerprint density at radius 3 is 2.45 bits per heavy atom. The molecule has 2 atom stereocenters. The standard InChI is InChI=1S/C17H29NOSi/c1-17(2,3)20(5,6)19-14-11-13-9-7-8-10-15(13)16(12-14)18-4/h7-10,14,16,18H,11-12H2,1-6H3. The van der Waals surface area contributed by atoms with Crippen LogP contribution in [-0.2, 0) is 10.8 Å². The maximum absolute atomic E-state index is 6.63. The summed E-state index contributed by atoms with van der Waals surface area (Å²) in [5, 5.41) is 3.73. The molecule has 1 aromatic rings. The summed E-state index contributed by atoms with van der Waals surface area (Å²) in [6.45, 7) is 11.6. The molecule has 0 bridgehead atoms. The molecule has 20 heavy (non-hydrogen) atoms. The van der Waals surface area contributed by atoms with Gasteiger partial charge in [0.2, 0.25) is 0 Å². The molecule has 112 valence electrons. The van der Waals surface area contributed by atoms with E-state index >= 15 is 0 Å². The highest BCUT2D eigenvalue weighted by molar-refractivity contribution is 6.74. The Morgan fingerprint density at radius 1 is 1.20 bits per heavy atom. The van der Waals surface area contributed by atoms with E-state index in [0.717, 1.165) is 12.8 Å². The third kappa shape index (κ3) is 3.16. The van der Waals surface area contributed by atoms with Crippen LogP contribution in [0.1, 0.15) is 44.4 Å². The van der Waals surface area contributed by atoms with Gasteiger partial charge in [-0.1, -0.05) is 45.0 Å². The zero-order chi connectivity index (χ0) is 15.0. The van der Waals surface area contributed by atoms with Gasteiger partial charge in [-0.2, -0.15) is 0 Å². The van der Waals surface area contributed by atoms with Crippen LogP contribution in [0.15, 0.2) is 24.3 Å². The molecule has 0 saturated heterocycles. The van der Waals surface area contributed by atoms with Gasteiger partial charge >= 0.3 is 0 Å². The largest absolute Gasteiger partial charge is 0.414 e. The lowest BCUT2D eigenvalue weighted by molar-refractivity contribution is 0.149. The van der Waals surface area contributed by atoms with Gasteiger partial charge in [-0.05, 0) is 49.1 Å². The van der Waals surface area contributed by atoms with Crippen LogP contribution >= 0.6 is 0 Å². The second-order valence-electron chi connectivity index (χ2n) is 7.48. The van der Waals surface area contributed by atoms with E-state index in [1.54, 1.807) is 0 Å². The van der Waals surface area contributed by atoms with Crippen molar-refractivity contribution in [3.8, 4) is 0 Å². The summed E-state index contributed by atoms with van der Waals surface area (Å²) >= 11 is 0. The van der Waals surface area contributed by atoms with Crippen molar-refractivity contribution in [2.75, 3.05) is 7.05 Å². The number of nitrogens with one attached hydrogen (secondary N) is 1. The van der Waals surface area contributed by atoms with Gasteiger partial charge in [-0.25, -0.2) is 0 Å². The summed E-state index contributed by atoms with van der Waals surface area (Å²) in [6.07, 6.45) is 2.49. The average Bonchev–Trinajstić information content (AvgIpc) is 2.36. The smallest absolute Gasteiger partial charge is 0.192 e. The molecule has 1 N–H and O–H groups in total. The first-order chi connectivity index (χ1) is 9.24. The Kier molecular flexibility index (Phi) is 4.43. The fourth-order valence-corrected chi connectivity index (χ4v) is 4.10. The van der Waals surface area contributed by atoms with Crippen molar-refractivity contribution in [3.63, 3.8) is 0 Å². The van der Waals surface area contributed by atoms with Gasteiger partial charge in [-0.15, -0.1) is 0 Å². The maximum Gasteiger partial charge on any atom is 0.192 e. The number of rotatable bonds is 3. The molecule has 0 fully saturated rings. The van der Waals surface area contributed by atoms with E-state index in [1.807, 2.05) is 0 Å². The van der Waals surface area contributed by atoms with Gasteiger partial charge in [0.15, 0.2) is 8.32 Å². The molecule has 2 nitrogen and oxygen atoms in total. The zero-order valence-corrected chi connectivity index (χ0v) is 14.8. The van der Waals surface area contributed by atoms with E-state index in [-0.39, 0.29) is 5.04 Å². The highest BCUT2D eigenvalue weighted by Crippen LogP contribution is 2.40. The topological polar surface area (TPSA) is 21.3 Å². The Balaban J connectivity index is 2.18. The normalized spacial score (nSPS) is 23.5. The van der Waals surface area contributed by atoms with E-state index in [1.165, 1.54) is 11.1 Å². The number of hydrogen-bond acceptors (Lipinski definition) is 2. The van der Waals surface area contributed by atoms with E-state index in [4.69, 9.17) is 4.43 Å². The van der Waals surface area contributed by atoms with Crippen LogP contribution in [0.4, 0.5) is 0 Å². The second kappa shape index (κ2) is 5.62. The van der Waals surface area contributed by atoms with Crippen LogP contribution < -0.4 is 5.32 Å². The van der Waals surface area contributed by atoms with Crippen molar-refractivity contribution in [1.29, 1.82) is 0 Å². The summed E-state index contributed by atoms with van der Waals surface area (Å²) in [6, 6.07) is 9.20. The van der Waals surface area contributed by atoms with Gasteiger partial charge in [-0.3, -0.25) is 0 Å². The minimum Gasteiger partial charge on any atom is -0.414 e. The number of fused-ring (bicyclic) bond motifs is 1. The molecular weight excluding hydrogens is 262 g/mol. The van der Waals surface area contributed by atoms with Crippen LogP contribution in [0, 0.1) is 0 Å². The summed E-state index contributed by atoms with van der Waals surface area (Å²) < 4.78 is 6.63. The van der Waals surface area contributed by atoms with E-state index in [2.05, 4.69) is 70.5 Å². The fourth-order valence-electron chi connectivity index (χ4n) is 2.74. The highest BCUT2D eigenvalue weighted by Gasteiger charge is 2.40. The Bertz CT molecular complexity index is 464. The van der Waals surface area contributed by atoms with Crippen molar-refractivity contribution in [1.82, 2.24) is 5.32 Å². The van der Waals surface area contributed by atoms with E-state index in [9.17, 15) is 0 Å². The quantitative estimate of drug-likeness (QED) is 0.839.